The van der Waals surface area contributed by atoms with Crippen molar-refractivity contribution in [2.75, 3.05) is 25.5 Å². The molecule has 0 aromatic heterocycles. The molecule has 0 atom stereocenters. The summed E-state index contributed by atoms with van der Waals surface area (Å²) in [6.07, 6.45) is 0.453. The molecule has 0 saturated carbocycles. The predicted molar refractivity (Wildman–Crippen MR) is 122 cm³/mol. The van der Waals surface area contributed by atoms with Gasteiger partial charge in [0.1, 0.15) is 5.75 Å². The van der Waals surface area contributed by atoms with Crippen LogP contribution in [-0.2, 0) is 26.2 Å². The summed E-state index contributed by atoms with van der Waals surface area (Å²) in [4.78, 5) is 37.6. The van der Waals surface area contributed by atoms with Crippen LogP contribution in [0.5, 0.6) is 5.75 Å². The van der Waals surface area contributed by atoms with E-state index in [0.29, 0.717) is 24.4 Å². The summed E-state index contributed by atoms with van der Waals surface area (Å²) in [7, 11) is -2.28. The summed E-state index contributed by atoms with van der Waals surface area (Å²) < 4.78 is 32.3. The number of carbonyl (C=O) groups excluding carboxylic acids is 3. The molecule has 0 unspecified atom stereocenters. The van der Waals surface area contributed by atoms with Crippen LogP contribution in [0.1, 0.15) is 42.6 Å². The van der Waals surface area contributed by atoms with E-state index in [-0.39, 0.29) is 41.8 Å². The number of nitrogens with zero attached hydrogens (tertiary/aromatic N) is 2. The Morgan fingerprint density at radius 2 is 1.64 bits per heavy atom. The number of methoxy groups -OCH3 is 1. The first kappa shape index (κ1) is 24.4. The standard InChI is InChI=1S/C23H27N3O6S/c1-4-25(5-2)33(30,31)18-10-11-20(32-3)19(14-18)24-23(29)17-8-6-16(7-9-17)15-26-21(27)12-13-22(26)28/h6-11,14H,4-5,12-13,15H2,1-3H3,(H,24,29). The van der Waals surface area contributed by atoms with Gasteiger partial charge in [-0.05, 0) is 35.9 Å². The van der Waals surface area contributed by atoms with E-state index in [9.17, 15) is 22.8 Å². The first-order valence-corrected chi connectivity index (χ1v) is 12.1. The van der Waals surface area contributed by atoms with Crippen molar-refractivity contribution in [2.45, 2.75) is 38.1 Å². The number of anilines is 1. The van der Waals surface area contributed by atoms with Crippen molar-refractivity contribution in [1.29, 1.82) is 0 Å². The lowest BCUT2D eigenvalue weighted by molar-refractivity contribution is -0.139. The monoisotopic (exact) mass is 473 g/mol. The summed E-state index contributed by atoms with van der Waals surface area (Å²) >= 11 is 0. The van der Waals surface area contributed by atoms with E-state index >= 15 is 0 Å². The fraction of sp³-hybridized carbons (Fsp3) is 0.348. The van der Waals surface area contributed by atoms with Crippen LogP contribution in [0.15, 0.2) is 47.4 Å². The van der Waals surface area contributed by atoms with Crippen LogP contribution >= 0.6 is 0 Å². The topological polar surface area (TPSA) is 113 Å². The van der Waals surface area contributed by atoms with Gasteiger partial charge in [-0.25, -0.2) is 8.42 Å². The van der Waals surface area contributed by atoms with Gasteiger partial charge in [-0.2, -0.15) is 4.31 Å². The van der Waals surface area contributed by atoms with Gasteiger partial charge in [-0.3, -0.25) is 19.3 Å². The number of hydrogen-bond acceptors (Lipinski definition) is 6. The van der Waals surface area contributed by atoms with Crippen molar-refractivity contribution >= 4 is 33.4 Å². The van der Waals surface area contributed by atoms with E-state index in [0.717, 1.165) is 5.56 Å². The highest BCUT2D eigenvalue weighted by Crippen LogP contribution is 2.29. The number of hydrogen-bond donors (Lipinski definition) is 1. The number of amides is 3. The number of sulfonamides is 1. The number of likely N-dealkylation sites (tertiary alicyclic amines) is 1. The fourth-order valence-electron chi connectivity index (χ4n) is 3.60. The number of ether oxygens (including phenoxy) is 1. The molecule has 1 N–H and O–H groups in total. The number of benzene rings is 2. The first-order valence-electron chi connectivity index (χ1n) is 10.6. The second kappa shape index (κ2) is 10.1. The minimum atomic E-state index is -3.71. The van der Waals surface area contributed by atoms with E-state index in [2.05, 4.69) is 5.32 Å². The summed E-state index contributed by atoms with van der Waals surface area (Å²) in [6.45, 7) is 4.33. The molecule has 0 radical (unpaired) electrons. The Kier molecular flexibility index (Phi) is 7.50. The van der Waals surface area contributed by atoms with Gasteiger partial charge in [0, 0.05) is 31.5 Å². The molecule has 10 heteroatoms. The van der Waals surface area contributed by atoms with E-state index in [4.69, 9.17) is 4.74 Å². The van der Waals surface area contributed by atoms with Crippen LogP contribution in [0, 0.1) is 0 Å². The summed E-state index contributed by atoms with van der Waals surface area (Å²) in [5.74, 6) is -0.531. The second-order valence-electron chi connectivity index (χ2n) is 7.48. The van der Waals surface area contributed by atoms with Crippen molar-refractivity contribution in [3.05, 3.63) is 53.6 Å². The third-order valence-electron chi connectivity index (χ3n) is 5.47. The van der Waals surface area contributed by atoms with Crippen LogP contribution in [0.3, 0.4) is 0 Å². The van der Waals surface area contributed by atoms with E-state index in [1.54, 1.807) is 38.1 Å². The van der Waals surface area contributed by atoms with Gasteiger partial charge in [-0.1, -0.05) is 26.0 Å². The lowest BCUT2D eigenvalue weighted by Gasteiger charge is -2.19. The minimum Gasteiger partial charge on any atom is -0.495 e. The average Bonchev–Trinajstić information content (AvgIpc) is 3.12. The molecule has 3 amide bonds. The number of carbonyl (C=O) groups is 3. The molecule has 1 aliphatic rings. The number of rotatable bonds is 9. The highest BCUT2D eigenvalue weighted by Gasteiger charge is 2.28. The molecule has 0 bridgehead atoms. The maximum Gasteiger partial charge on any atom is 0.255 e. The SMILES string of the molecule is CCN(CC)S(=O)(=O)c1ccc(OC)c(NC(=O)c2ccc(CN3C(=O)CCC3=O)cc2)c1. The quantitative estimate of drug-likeness (QED) is 0.560. The third kappa shape index (κ3) is 5.23. The lowest BCUT2D eigenvalue weighted by atomic mass is 10.1. The molecule has 1 aliphatic heterocycles. The molecule has 9 nitrogen and oxygen atoms in total. The Hall–Kier alpha value is -3.24. The van der Waals surface area contributed by atoms with Crippen LogP contribution in [0.2, 0.25) is 0 Å². The van der Waals surface area contributed by atoms with Crippen LogP contribution < -0.4 is 10.1 Å². The van der Waals surface area contributed by atoms with Gasteiger partial charge in [0.15, 0.2) is 0 Å². The van der Waals surface area contributed by atoms with E-state index in [1.807, 2.05) is 0 Å². The third-order valence-corrected chi connectivity index (χ3v) is 7.52. The van der Waals surface area contributed by atoms with Gasteiger partial charge in [0.25, 0.3) is 5.91 Å². The molecule has 1 heterocycles. The molecule has 2 aromatic carbocycles. The van der Waals surface area contributed by atoms with Crippen molar-refractivity contribution in [3.8, 4) is 5.75 Å². The van der Waals surface area contributed by atoms with Crippen LogP contribution in [-0.4, -0.2) is 55.5 Å². The molecular formula is C23H27N3O6S. The number of nitrogens with one attached hydrogen (secondary N) is 1. The zero-order chi connectivity index (χ0) is 24.2. The smallest absolute Gasteiger partial charge is 0.255 e. The number of imide groups is 1. The molecule has 1 saturated heterocycles. The Morgan fingerprint density at radius 3 is 2.18 bits per heavy atom. The fourth-order valence-corrected chi connectivity index (χ4v) is 5.08. The largest absolute Gasteiger partial charge is 0.495 e. The first-order chi connectivity index (χ1) is 15.7. The Labute approximate surface area is 193 Å². The summed E-state index contributed by atoms with van der Waals surface area (Å²) in [5.41, 5.74) is 1.28. The Balaban J connectivity index is 1.79. The van der Waals surface area contributed by atoms with Gasteiger partial charge in [0.2, 0.25) is 21.8 Å². The molecule has 0 spiro atoms. The van der Waals surface area contributed by atoms with Gasteiger partial charge in [-0.15, -0.1) is 0 Å². The summed E-state index contributed by atoms with van der Waals surface area (Å²) in [6, 6.07) is 10.8. The van der Waals surface area contributed by atoms with Gasteiger partial charge >= 0.3 is 0 Å². The van der Waals surface area contributed by atoms with Crippen molar-refractivity contribution in [2.24, 2.45) is 0 Å². The normalized spacial score (nSPS) is 14.1. The predicted octanol–water partition coefficient (Wildman–Crippen LogP) is 2.63. The zero-order valence-electron chi connectivity index (χ0n) is 18.8. The van der Waals surface area contributed by atoms with Crippen molar-refractivity contribution < 1.29 is 27.5 Å². The van der Waals surface area contributed by atoms with E-state index < -0.39 is 15.9 Å². The van der Waals surface area contributed by atoms with Crippen molar-refractivity contribution in [1.82, 2.24) is 9.21 Å². The maximum absolute atomic E-state index is 12.8. The van der Waals surface area contributed by atoms with Gasteiger partial charge < -0.3 is 10.1 Å². The average molecular weight is 474 g/mol. The summed E-state index contributed by atoms with van der Waals surface area (Å²) in [5, 5.41) is 2.71. The van der Waals surface area contributed by atoms with Gasteiger partial charge in [0.05, 0.1) is 24.2 Å². The molecule has 176 valence electrons. The van der Waals surface area contributed by atoms with Crippen LogP contribution in [0.25, 0.3) is 0 Å². The second-order valence-corrected chi connectivity index (χ2v) is 9.41. The lowest BCUT2D eigenvalue weighted by Crippen LogP contribution is -2.30. The molecule has 1 fully saturated rings. The van der Waals surface area contributed by atoms with E-state index in [1.165, 1.54) is 34.5 Å². The zero-order valence-corrected chi connectivity index (χ0v) is 19.6. The Bertz CT molecular complexity index is 1140. The molecule has 2 aromatic rings. The highest BCUT2D eigenvalue weighted by molar-refractivity contribution is 7.89. The van der Waals surface area contributed by atoms with Crippen molar-refractivity contribution in [3.63, 3.8) is 0 Å². The minimum absolute atomic E-state index is 0.0533. The molecular weight excluding hydrogens is 446 g/mol. The Morgan fingerprint density at radius 1 is 1.03 bits per heavy atom. The molecule has 33 heavy (non-hydrogen) atoms. The molecule has 0 aliphatic carbocycles. The van der Waals surface area contributed by atoms with Crippen LogP contribution in [0.4, 0.5) is 5.69 Å². The molecule has 3 rings (SSSR count). The highest BCUT2D eigenvalue weighted by atomic mass is 32.2. The maximum atomic E-state index is 12.8.